The summed E-state index contributed by atoms with van der Waals surface area (Å²) in [6, 6.07) is 0. The lowest BCUT2D eigenvalue weighted by molar-refractivity contribution is -0.130. The van der Waals surface area contributed by atoms with E-state index in [2.05, 4.69) is 4.84 Å². The smallest absolute Gasteiger partial charge is 0.385 e. The van der Waals surface area contributed by atoms with Crippen molar-refractivity contribution in [1.29, 1.82) is 0 Å². The molecule has 1 amide bonds. The highest BCUT2D eigenvalue weighted by atomic mass is 35.5. The van der Waals surface area contributed by atoms with Crippen LogP contribution < -0.4 is 17.5 Å². The first-order valence-corrected chi connectivity index (χ1v) is 1.53. The van der Waals surface area contributed by atoms with E-state index in [9.17, 15) is 4.79 Å². The average molecular weight is 125 g/mol. The molecule has 0 aromatic heterocycles. The zero-order valence-electron chi connectivity index (χ0n) is 4.22. The van der Waals surface area contributed by atoms with Crippen molar-refractivity contribution in [3.63, 3.8) is 0 Å². The van der Waals surface area contributed by atoms with Crippen LogP contribution >= 0.6 is 0 Å². The van der Waals surface area contributed by atoms with E-state index in [0.29, 0.717) is 6.41 Å². The van der Waals surface area contributed by atoms with Crippen LogP contribution in [-0.4, -0.2) is 20.6 Å². The van der Waals surface area contributed by atoms with Crippen LogP contribution in [0.3, 0.4) is 0 Å². The molecule has 0 aliphatic rings. The van der Waals surface area contributed by atoms with Gasteiger partial charge >= 0.3 is 6.41 Å². The van der Waals surface area contributed by atoms with E-state index in [-0.39, 0.29) is 12.4 Å². The number of rotatable bonds is 2. The standard InChI is InChI=1S/C3H7NO2.ClH/c1-4(3-5)6-2;/h3H,1-2H3;1H/q+1;/p-1. The highest BCUT2D eigenvalue weighted by Crippen LogP contribution is 1.60. The highest BCUT2D eigenvalue weighted by molar-refractivity contribution is 5.47. The van der Waals surface area contributed by atoms with Gasteiger partial charge in [-0.05, 0) is 0 Å². The summed E-state index contributed by atoms with van der Waals surface area (Å²) in [5.74, 6) is 0. The summed E-state index contributed by atoms with van der Waals surface area (Å²) in [7, 11) is 2.95. The largest absolute Gasteiger partial charge is 1.00 e. The van der Waals surface area contributed by atoms with Crippen LogP contribution in [0.25, 0.3) is 0 Å². The molecule has 43 valence electrons. The zero-order valence-corrected chi connectivity index (χ0v) is 4.97. The number of hydrogen-bond donors (Lipinski definition) is 0. The summed E-state index contributed by atoms with van der Waals surface area (Å²) in [5, 5.41) is 1.07. The van der Waals surface area contributed by atoms with Crippen molar-refractivity contribution in [1.82, 2.24) is 5.06 Å². The summed E-state index contributed by atoms with van der Waals surface area (Å²) < 4.78 is 0. The normalized spacial score (nSPS) is 7.86. The van der Waals surface area contributed by atoms with Crippen molar-refractivity contribution in [3.05, 3.63) is 0 Å². The third-order valence-corrected chi connectivity index (χ3v) is 0.436. The minimum Gasteiger partial charge on any atom is -1.00 e. The summed E-state index contributed by atoms with van der Waals surface area (Å²) in [6.45, 7) is 0. The van der Waals surface area contributed by atoms with Crippen molar-refractivity contribution in [2.24, 2.45) is 0 Å². The van der Waals surface area contributed by atoms with Crippen LogP contribution in [0.1, 0.15) is 0 Å². The van der Waals surface area contributed by atoms with Crippen LogP contribution in [-0.2, 0) is 9.63 Å². The Labute approximate surface area is 48.6 Å². The molecule has 0 aromatic carbocycles. The molecule has 0 atom stereocenters. The molecule has 0 heterocycles. The topological polar surface area (TPSA) is 32.2 Å². The molecule has 0 rings (SSSR count). The highest BCUT2D eigenvalue weighted by Gasteiger charge is 1.98. The molecule has 0 saturated carbocycles. The molecular formula is C3H7ClNO2. The minimum absolute atomic E-state index is 0. The molecule has 0 aromatic rings. The molecular weight excluding hydrogens is 117 g/mol. The summed E-state index contributed by atoms with van der Waals surface area (Å²) >= 11 is 0. The number of hydrogen-bond acceptors (Lipinski definition) is 2. The minimum atomic E-state index is 0. The van der Waals surface area contributed by atoms with Crippen LogP contribution in [0, 0.1) is 0 Å². The van der Waals surface area contributed by atoms with Crippen LogP contribution in [0.4, 0.5) is 0 Å². The quantitative estimate of drug-likeness (QED) is 0.217. The van der Waals surface area contributed by atoms with E-state index in [1.807, 2.05) is 0 Å². The van der Waals surface area contributed by atoms with Crippen LogP contribution in [0.15, 0.2) is 0 Å². The van der Waals surface area contributed by atoms with E-state index in [1.54, 1.807) is 0 Å². The van der Waals surface area contributed by atoms with Gasteiger partial charge in [-0.2, -0.15) is 0 Å². The van der Waals surface area contributed by atoms with Crippen molar-refractivity contribution in [3.8, 4) is 0 Å². The second kappa shape index (κ2) is 5.88. The number of amides is 1. The predicted octanol–water partition coefficient (Wildman–Crippen LogP) is -3.52. The zero-order chi connectivity index (χ0) is 4.99. The third kappa shape index (κ3) is 5.88. The number of halogens is 1. The lowest BCUT2D eigenvalue weighted by Gasteiger charge is -1.83. The molecule has 7 heavy (non-hydrogen) atoms. The van der Waals surface area contributed by atoms with E-state index >= 15 is 0 Å². The van der Waals surface area contributed by atoms with Gasteiger partial charge in [-0.25, -0.2) is 4.79 Å². The van der Waals surface area contributed by atoms with Crippen LogP contribution in [0.2, 0.25) is 0 Å². The average Bonchev–Trinajstić information content (AvgIpc) is 1.65. The predicted molar refractivity (Wildman–Crippen MR) is 21.1 cm³/mol. The van der Waals surface area contributed by atoms with Crippen molar-refractivity contribution >= 4 is 6.41 Å². The fourth-order valence-electron chi connectivity index (χ4n) is 0.0430. The van der Waals surface area contributed by atoms with Gasteiger partial charge in [0.05, 0.1) is 5.06 Å². The molecule has 0 spiro atoms. The van der Waals surface area contributed by atoms with Crippen molar-refractivity contribution in [2.45, 2.75) is 0 Å². The second-order valence-electron chi connectivity index (χ2n) is 0.834. The molecule has 4 heteroatoms. The fraction of sp³-hybridized carbons (Fsp3) is 0.667. The first kappa shape index (κ1) is 9.99. The van der Waals surface area contributed by atoms with Gasteiger partial charge in [0.15, 0.2) is 7.05 Å². The Kier molecular flexibility index (Phi) is 8.39. The van der Waals surface area contributed by atoms with E-state index in [0.717, 1.165) is 5.06 Å². The lowest BCUT2D eigenvalue weighted by Crippen LogP contribution is -3.00. The second-order valence-corrected chi connectivity index (χ2v) is 0.834. The van der Waals surface area contributed by atoms with Gasteiger partial charge in [0.1, 0.15) is 7.11 Å². The summed E-state index contributed by atoms with van der Waals surface area (Å²) in [5.41, 5.74) is 0. The van der Waals surface area contributed by atoms with E-state index in [4.69, 9.17) is 0 Å². The Morgan fingerprint density at radius 1 is 1.71 bits per heavy atom. The maximum Gasteiger partial charge on any atom is 0.385 e. The van der Waals surface area contributed by atoms with Crippen molar-refractivity contribution in [2.75, 3.05) is 14.2 Å². The molecule has 0 saturated heterocycles. The monoisotopic (exact) mass is 124 g/mol. The first-order chi connectivity index (χ1) is 2.81. The first-order valence-electron chi connectivity index (χ1n) is 1.53. The van der Waals surface area contributed by atoms with E-state index < -0.39 is 0 Å². The molecule has 0 aliphatic carbocycles. The summed E-state index contributed by atoms with van der Waals surface area (Å²) in [6.07, 6.45) is 0.583. The fourth-order valence-corrected chi connectivity index (χ4v) is 0.0430. The lowest BCUT2D eigenvalue weighted by atomic mass is 11.2. The molecule has 3 nitrogen and oxygen atoms in total. The van der Waals surface area contributed by atoms with Gasteiger partial charge in [-0.3, -0.25) is 0 Å². The van der Waals surface area contributed by atoms with Gasteiger partial charge in [0, 0.05) is 0 Å². The van der Waals surface area contributed by atoms with Gasteiger partial charge < -0.3 is 12.4 Å². The number of carbonyl (C=O) groups excluding carboxylic acids is 1. The molecule has 0 aliphatic heterocycles. The van der Waals surface area contributed by atoms with E-state index in [1.165, 1.54) is 14.2 Å². The molecule has 1 radical (unpaired) electrons. The maximum atomic E-state index is 9.54. The van der Waals surface area contributed by atoms with Gasteiger partial charge in [-0.15, -0.1) is 4.84 Å². The molecule has 0 fully saturated rings. The molecule has 0 unspecified atom stereocenters. The van der Waals surface area contributed by atoms with Gasteiger partial charge in [0.2, 0.25) is 0 Å². The number of carbonyl (C=O) groups is 1. The Bertz CT molecular complexity index is 50.2. The molecule has 0 bridgehead atoms. The maximum absolute atomic E-state index is 9.54. The van der Waals surface area contributed by atoms with Crippen LogP contribution in [0.5, 0.6) is 0 Å². The number of nitrogens with zero attached hydrogens (tertiary/aromatic N) is 1. The van der Waals surface area contributed by atoms with Crippen molar-refractivity contribution < 1.29 is 22.0 Å². The van der Waals surface area contributed by atoms with Gasteiger partial charge in [0.25, 0.3) is 0 Å². The Morgan fingerprint density at radius 3 is 2.14 bits per heavy atom. The third-order valence-electron chi connectivity index (χ3n) is 0.436. The molecule has 0 N–H and O–H groups in total. The Balaban J connectivity index is 0. The summed E-state index contributed by atoms with van der Waals surface area (Å²) in [4.78, 5) is 13.9. The van der Waals surface area contributed by atoms with Gasteiger partial charge in [-0.1, -0.05) is 0 Å². The number of hydroxylamine groups is 2. The Hall–Kier alpha value is -0.120. The SMILES string of the molecule is CO[N+](C)C=O.[Cl-]. The Morgan fingerprint density at radius 2 is 2.14 bits per heavy atom.